The van der Waals surface area contributed by atoms with Crippen LogP contribution in [0.2, 0.25) is 0 Å². The van der Waals surface area contributed by atoms with E-state index in [0.717, 1.165) is 45.2 Å². The first kappa shape index (κ1) is 31.9. The van der Waals surface area contributed by atoms with Crippen molar-refractivity contribution < 1.29 is 9.59 Å². The molecular weight excluding hydrogens is 434 g/mol. The Balaban J connectivity index is 2.54. The largest absolute Gasteiger partial charge is 0.326 e. The minimum Gasteiger partial charge on any atom is -0.323 e. The summed E-state index contributed by atoms with van der Waals surface area (Å²) in [5, 5.41) is 3.07. The van der Waals surface area contributed by atoms with Crippen LogP contribution in [0.25, 0.3) is 0 Å². The van der Waals surface area contributed by atoms with Crippen molar-refractivity contribution in [3.8, 4) is 0 Å². The Kier molecular flexibility index (Phi) is 18.3. The fraction of sp³-hybridized carbons (Fsp3) is 0.933. The molecule has 1 rings (SSSR count). The number of hydrogen-bond donors (Lipinski definition) is 1. The van der Waals surface area contributed by atoms with Gasteiger partial charge in [-0.15, -0.1) is 0 Å². The van der Waals surface area contributed by atoms with Gasteiger partial charge in [-0.3, -0.25) is 9.69 Å². The summed E-state index contributed by atoms with van der Waals surface area (Å²) in [6.45, 7) is 11.1. The molecule has 1 heterocycles. The molecule has 0 aromatic heterocycles. The lowest BCUT2D eigenvalue weighted by atomic mass is 9.90. The summed E-state index contributed by atoms with van der Waals surface area (Å²) < 4.78 is 0. The summed E-state index contributed by atoms with van der Waals surface area (Å²) in [4.78, 5) is 30.0. The van der Waals surface area contributed by atoms with Crippen LogP contribution in [0, 0.1) is 0 Å². The van der Waals surface area contributed by atoms with Crippen LogP contribution in [-0.4, -0.2) is 47.0 Å². The molecule has 0 spiro atoms. The number of urea groups is 1. The molecule has 0 aromatic rings. The van der Waals surface area contributed by atoms with Gasteiger partial charge < -0.3 is 5.32 Å². The molecule has 0 aromatic carbocycles. The topological polar surface area (TPSA) is 52.6 Å². The van der Waals surface area contributed by atoms with Gasteiger partial charge in [0.15, 0.2) is 0 Å². The molecule has 1 unspecified atom stereocenters. The molecule has 1 fully saturated rings. The second-order valence-corrected chi connectivity index (χ2v) is 10.9. The van der Waals surface area contributed by atoms with Gasteiger partial charge in [0.1, 0.15) is 5.54 Å². The third-order valence-corrected chi connectivity index (χ3v) is 7.80. The highest BCUT2D eigenvalue weighted by Gasteiger charge is 2.49. The standard InChI is InChI=1S/C30H59N3O2/c1-5-9-12-14-16-18-20-22-25-32(26-23-21-19-17-15-13-10-6-2)27-33-28(34)30(8-4,24-11-7-3)31-29(33)35/h5-27H2,1-4H3,(H,31,35). The van der Waals surface area contributed by atoms with E-state index in [2.05, 4.69) is 31.0 Å². The number of imide groups is 1. The van der Waals surface area contributed by atoms with Gasteiger partial charge in [-0.05, 0) is 38.8 Å². The fourth-order valence-electron chi connectivity index (χ4n) is 5.26. The van der Waals surface area contributed by atoms with E-state index in [1.807, 2.05) is 6.92 Å². The van der Waals surface area contributed by atoms with Gasteiger partial charge in [0.05, 0.1) is 6.67 Å². The molecule has 0 radical (unpaired) electrons. The third-order valence-electron chi connectivity index (χ3n) is 7.80. The van der Waals surface area contributed by atoms with E-state index in [0.29, 0.717) is 13.1 Å². The molecule has 1 aliphatic rings. The molecule has 5 nitrogen and oxygen atoms in total. The molecule has 35 heavy (non-hydrogen) atoms. The van der Waals surface area contributed by atoms with Crippen LogP contribution in [-0.2, 0) is 4.79 Å². The number of rotatable bonds is 24. The van der Waals surface area contributed by atoms with Crippen molar-refractivity contribution in [2.75, 3.05) is 19.8 Å². The zero-order valence-corrected chi connectivity index (χ0v) is 24.0. The van der Waals surface area contributed by atoms with Gasteiger partial charge in [-0.1, -0.05) is 130 Å². The maximum Gasteiger partial charge on any atom is 0.326 e. The first-order valence-electron chi connectivity index (χ1n) is 15.4. The van der Waals surface area contributed by atoms with Crippen molar-refractivity contribution in [1.82, 2.24) is 15.1 Å². The Labute approximate surface area is 218 Å². The number of carbonyl (C=O) groups is 2. The molecule has 1 aliphatic heterocycles. The average Bonchev–Trinajstić information content (AvgIpc) is 3.10. The van der Waals surface area contributed by atoms with Crippen LogP contribution in [0.15, 0.2) is 0 Å². The van der Waals surface area contributed by atoms with Crippen molar-refractivity contribution in [1.29, 1.82) is 0 Å². The van der Waals surface area contributed by atoms with Crippen LogP contribution in [0.4, 0.5) is 4.79 Å². The summed E-state index contributed by atoms with van der Waals surface area (Å²) in [7, 11) is 0. The highest BCUT2D eigenvalue weighted by molar-refractivity contribution is 6.06. The number of unbranched alkanes of at least 4 members (excludes halogenated alkanes) is 15. The van der Waals surface area contributed by atoms with Crippen LogP contribution in [0.3, 0.4) is 0 Å². The number of nitrogens with zero attached hydrogens (tertiary/aromatic N) is 2. The van der Waals surface area contributed by atoms with Gasteiger partial charge in [0.25, 0.3) is 5.91 Å². The van der Waals surface area contributed by atoms with Gasteiger partial charge in [-0.25, -0.2) is 9.69 Å². The quantitative estimate of drug-likeness (QED) is 0.108. The summed E-state index contributed by atoms with van der Waals surface area (Å²) in [5.74, 6) is -0.00435. The van der Waals surface area contributed by atoms with E-state index in [4.69, 9.17) is 0 Å². The number of carbonyl (C=O) groups excluding carboxylic acids is 2. The highest BCUT2D eigenvalue weighted by Crippen LogP contribution is 2.27. The van der Waals surface area contributed by atoms with E-state index in [1.54, 1.807) is 0 Å². The predicted molar refractivity (Wildman–Crippen MR) is 150 cm³/mol. The van der Waals surface area contributed by atoms with Crippen molar-refractivity contribution >= 4 is 11.9 Å². The lowest BCUT2D eigenvalue weighted by Crippen LogP contribution is -2.47. The van der Waals surface area contributed by atoms with Crippen molar-refractivity contribution in [2.45, 2.75) is 162 Å². The normalized spacial score (nSPS) is 18.1. The van der Waals surface area contributed by atoms with Gasteiger partial charge in [0, 0.05) is 0 Å². The van der Waals surface area contributed by atoms with Crippen molar-refractivity contribution in [3.63, 3.8) is 0 Å². The van der Waals surface area contributed by atoms with Gasteiger partial charge >= 0.3 is 6.03 Å². The number of nitrogens with one attached hydrogen (secondary N) is 1. The Hall–Kier alpha value is -1.10. The van der Waals surface area contributed by atoms with E-state index < -0.39 is 5.54 Å². The first-order chi connectivity index (χ1) is 17.0. The smallest absolute Gasteiger partial charge is 0.323 e. The Morgan fingerprint density at radius 2 is 1.06 bits per heavy atom. The minimum absolute atomic E-state index is 0.00435. The molecule has 5 heteroatoms. The molecular formula is C30H59N3O2. The van der Waals surface area contributed by atoms with Crippen LogP contribution in [0.5, 0.6) is 0 Å². The fourth-order valence-corrected chi connectivity index (χ4v) is 5.26. The summed E-state index contributed by atoms with van der Waals surface area (Å²) in [6.07, 6.45) is 24.2. The average molecular weight is 494 g/mol. The highest BCUT2D eigenvalue weighted by atomic mass is 16.2. The molecule has 0 saturated carbocycles. The van der Waals surface area contributed by atoms with Crippen LogP contribution < -0.4 is 5.32 Å². The molecule has 3 amide bonds. The monoisotopic (exact) mass is 493 g/mol. The van der Waals surface area contributed by atoms with Gasteiger partial charge in [0.2, 0.25) is 0 Å². The van der Waals surface area contributed by atoms with E-state index >= 15 is 0 Å². The SMILES string of the molecule is CCCCCCCCCCN(CCCCCCCCCC)CN1C(=O)NC(CC)(CCCC)C1=O. The van der Waals surface area contributed by atoms with Crippen LogP contribution in [0.1, 0.15) is 156 Å². The molecule has 0 bridgehead atoms. The van der Waals surface area contributed by atoms with E-state index in [9.17, 15) is 9.59 Å². The predicted octanol–water partition coefficient (Wildman–Crippen LogP) is 8.42. The molecule has 1 N–H and O–H groups in total. The second kappa shape index (κ2) is 20.0. The molecule has 1 atom stereocenters. The van der Waals surface area contributed by atoms with Crippen molar-refractivity contribution in [2.24, 2.45) is 0 Å². The van der Waals surface area contributed by atoms with Gasteiger partial charge in [-0.2, -0.15) is 0 Å². The van der Waals surface area contributed by atoms with E-state index in [-0.39, 0.29) is 11.9 Å². The molecule has 1 saturated heterocycles. The lowest BCUT2D eigenvalue weighted by Gasteiger charge is -2.28. The maximum absolute atomic E-state index is 13.3. The number of amides is 3. The second-order valence-electron chi connectivity index (χ2n) is 10.9. The summed E-state index contributed by atoms with van der Waals surface area (Å²) >= 11 is 0. The number of hydrogen-bond acceptors (Lipinski definition) is 3. The zero-order valence-electron chi connectivity index (χ0n) is 24.0. The van der Waals surface area contributed by atoms with Crippen molar-refractivity contribution in [3.05, 3.63) is 0 Å². The lowest BCUT2D eigenvalue weighted by molar-refractivity contribution is -0.133. The Morgan fingerprint density at radius 1 is 0.629 bits per heavy atom. The van der Waals surface area contributed by atoms with E-state index in [1.165, 1.54) is 94.8 Å². The first-order valence-corrected chi connectivity index (χ1v) is 15.4. The third kappa shape index (κ3) is 12.6. The zero-order chi connectivity index (χ0) is 25.8. The summed E-state index contributed by atoms with van der Waals surface area (Å²) in [5.41, 5.74) is -0.685. The molecule has 206 valence electrons. The Morgan fingerprint density at radius 3 is 1.49 bits per heavy atom. The summed E-state index contributed by atoms with van der Waals surface area (Å²) in [6, 6.07) is -0.190. The Bertz CT molecular complexity index is 534. The minimum atomic E-state index is -0.685. The van der Waals surface area contributed by atoms with Crippen LogP contribution >= 0.6 is 0 Å². The maximum atomic E-state index is 13.3. The molecule has 0 aliphatic carbocycles.